The van der Waals surface area contributed by atoms with Crippen molar-refractivity contribution in [3.05, 3.63) is 42.5 Å². The van der Waals surface area contributed by atoms with E-state index in [1.807, 2.05) is 42.5 Å². The number of nitrogens with one attached hydrogen (secondary N) is 2. The number of fused-ring (bicyclic) bond motifs is 1. The van der Waals surface area contributed by atoms with E-state index in [1.54, 1.807) is 0 Å². The maximum atomic E-state index is 11.8. The average Bonchev–Trinajstić information content (AvgIpc) is 2.44. The summed E-state index contributed by atoms with van der Waals surface area (Å²) >= 11 is 4.78. The number of anilines is 1. The van der Waals surface area contributed by atoms with Gasteiger partial charge in [0.25, 0.3) is 0 Å². The topological polar surface area (TPSA) is 67.1 Å². The largest absolute Gasteiger partial charge is 0.393 e. The number of carbonyl (C=O) groups excluding carboxylic acids is 1. The van der Waals surface area contributed by atoms with Crippen molar-refractivity contribution in [1.29, 1.82) is 0 Å². The molecule has 0 aliphatic rings. The zero-order valence-electron chi connectivity index (χ0n) is 11.1. The molecule has 104 valence electrons. The fourth-order valence-electron chi connectivity index (χ4n) is 1.97. The second kappa shape index (κ2) is 6.86. The number of thiocarbonyl (C=S) groups is 1. The predicted molar refractivity (Wildman–Crippen MR) is 87.0 cm³/mol. The van der Waals surface area contributed by atoms with Crippen LogP contribution in [0.2, 0.25) is 0 Å². The van der Waals surface area contributed by atoms with Crippen molar-refractivity contribution in [3.63, 3.8) is 0 Å². The molecule has 2 amide bonds. The molecule has 0 spiro atoms. The van der Waals surface area contributed by atoms with Crippen LogP contribution in [0.5, 0.6) is 0 Å². The number of urea groups is 1. The maximum absolute atomic E-state index is 11.8. The lowest BCUT2D eigenvalue weighted by Gasteiger charge is -2.10. The van der Waals surface area contributed by atoms with E-state index < -0.39 is 0 Å². The fraction of sp³-hybridized carbons (Fsp3) is 0.200. The van der Waals surface area contributed by atoms with Crippen LogP contribution in [-0.2, 0) is 0 Å². The van der Waals surface area contributed by atoms with Crippen molar-refractivity contribution in [3.8, 4) is 0 Å². The van der Waals surface area contributed by atoms with Crippen molar-refractivity contribution in [2.45, 2.75) is 12.8 Å². The Balaban J connectivity index is 1.94. The molecule has 0 saturated carbocycles. The molecule has 0 bridgehead atoms. The molecule has 0 aliphatic carbocycles. The smallest absolute Gasteiger partial charge is 0.319 e. The third-order valence-corrected chi connectivity index (χ3v) is 3.13. The molecule has 2 rings (SSSR count). The zero-order valence-corrected chi connectivity index (χ0v) is 11.9. The number of hydrogen-bond donors (Lipinski definition) is 3. The van der Waals surface area contributed by atoms with E-state index in [0.717, 1.165) is 22.9 Å². The van der Waals surface area contributed by atoms with E-state index in [4.69, 9.17) is 18.0 Å². The van der Waals surface area contributed by atoms with Gasteiger partial charge in [0, 0.05) is 11.9 Å². The van der Waals surface area contributed by atoms with Gasteiger partial charge < -0.3 is 16.4 Å². The Morgan fingerprint density at radius 2 is 1.90 bits per heavy atom. The van der Waals surface area contributed by atoms with Crippen molar-refractivity contribution in [1.82, 2.24) is 5.32 Å². The number of carbonyl (C=O) groups is 1. The number of hydrogen-bond acceptors (Lipinski definition) is 2. The van der Waals surface area contributed by atoms with Crippen molar-refractivity contribution in [2.24, 2.45) is 5.73 Å². The number of nitrogens with two attached hydrogens (primary N) is 1. The normalized spacial score (nSPS) is 10.2. The summed E-state index contributed by atoms with van der Waals surface area (Å²) in [5.74, 6) is 0. The highest BCUT2D eigenvalue weighted by molar-refractivity contribution is 7.80. The first kappa shape index (κ1) is 14.3. The van der Waals surface area contributed by atoms with E-state index in [9.17, 15) is 4.79 Å². The molecule has 4 N–H and O–H groups in total. The summed E-state index contributed by atoms with van der Waals surface area (Å²) in [5, 5.41) is 7.76. The molecule has 4 nitrogen and oxygen atoms in total. The molecule has 0 radical (unpaired) electrons. The molecule has 0 unspecified atom stereocenters. The summed E-state index contributed by atoms with van der Waals surface area (Å²) in [5.41, 5.74) is 6.20. The standard InChI is InChI=1S/C15H17N3OS/c16-14(20)9-4-10-17-15(19)18-13-8-3-6-11-5-1-2-7-12(11)13/h1-3,5-8H,4,9-10H2,(H2,16,20)(H2,17,18,19). The van der Waals surface area contributed by atoms with Gasteiger partial charge in [0.2, 0.25) is 0 Å². The van der Waals surface area contributed by atoms with Crippen LogP contribution in [0.25, 0.3) is 10.8 Å². The van der Waals surface area contributed by atoms with Gasteiger partial charge in [-0.2, -0.15) is 0 Å². The SMILES string of the molecule is NC(=S)CCCNC(=O)Nc1cccc2ccccc12. The lowest BCUT2D eigenvalue weighted by Crippen LogP contribution is -2.30. The van der Waals surface area contributed by atoms with Crippen molar-refractivity contribution in [2.75, 3.05) is 11.9 Å². The second-order valence-electron chi connectivity index (χ2n) is 4.48. The monoisotopic (exact) mass is 287 g/mol. The minimum Gasteiger partial charge on any atom is -0.393 e. The highest BCUT2D eigenvalue weighted by atomic mass is 32.1. The van der Waals surface area contributed by atoms with Gasteiger partial charge in [-0.05, 0) is 24.3 Å². The summed E-state index contributed by atoms with van der Waals surface area (Å²) in [6, 6.07) is 13.5. The van der Waals surface area contributed by atoms with Gasteiger partial charge >= 0.3 is 6.03 Å². The first-order chi connectivity index (χ1) is 9.66. The quantitative estimate of drug-likeness (QED) is 0.585. The van der Waals surface area contributed by atoms with Crippen LogP contribution < -0.4 is 16.4 Å². The van der Waals surface area contributed by atoms with E-state index in [-0.39, 0.29) is 6.03 Å². The molecular weight excluding hydrogens is 270 g/mol. The van der Waals surface area contributed by atoms with Crippen LogP contribution in [0.1, 0.15) is 12.8 Å². The van der Waals surface area contributed by atoms with Gasteiger partial charge in [-0.3, -0.25) is 0 Å². The van der Waals surface area contributed by atoms with E-state index in [0.29, 0.717) is 18.0 Å². The van der Waals surface area contributed by atoms with E-state index in [1.165, 1.54) is 0 Å². The average molecular weight is 287 g/mol. The van der Waals surface area contributed by atoms with Crippen LogP contribution in [0.15, 0.2) is 42.5 Å². The van der Waals surface area contributed by atoms with Crippen LogP contribution in [0.4, 0.5) is 10.5 Å². The Bertz CT molecular complexity index is 622. The van der Waals surface area contributed by atoms with Gasteiger partial charge in [-0.1, -0.05) is 48.6 Å². The Morgan fingerprint density at radius 3 is 2.70 bits per heavy atom. The van der Waals surface area contributed by atoms with Crippen LogP contribution in [0.3, 0.4) is 0 Å². The first-order valence-electron chi connectivity index (χ1n) is 6.48. The van der Waals surface area contributed by atoms with Crippen LogP contribution in [-0.4, -0.2) is 17.6 Å². The lowest BCUT2D eigenvalue weighted by molar-refractivity contribution is 0.252. The molecule has 2 aromatic carbocycles. The summed E-state index contributed by atoms with van der Waals surface area (Å²) in [4.78, 5) is 12.3. The Hall–Kier alpha value is -2.14. The number of amides is 2. The predicted octanol–water partition coefficient (Wildman–Crippen LogP) is 3.03. The van der Waals surface area contributed by atoms with E-state index >= 15 is 0 Å². The number of rotatable bonds is 5. The van der Waals surface area contributed by atoms with Gasteiger partial charge in [0.1, 0.15) is 0 Å². The van der Waals surface area contributed by atoms with Crippen molar-refractivity contribution < 1.29 is 4.79 Å². The molecule has 2 aromatic rings. The van der Waals surface area contributed by atoms with Gasteiger partial charge in [-0.15, -0.1) is 0 Å². The highest BCUT2D eigenvalue weighted by Gasteiger charge is 2.04. The third-order valence-electron chi connectivity index (χ3n) is 2.92. The minimum atomic E-state index is -0.218. The zero-order chi connectivity index (χ0) is 14.4. The summed E-state index contributed by atoms with van der Waals surface area (Å²) in [7, 11) is 0. The molecule has 0 atom stereocenters. The molecule has 20 heavy (non-hydrogen) atoms. The Kier molecular flexibility index (Phi) is 4.90. The maximum Gasteiger partial charge on any atom is 0.319 e. The summed E-state index contributed by atoms with van der Waals surface area (Å²) in [6.07, 6.45) is 1.39. The summed E-state index contributed by atoms with van der Waals surface area (Å²) in [6.45, 7) is 0.550. The summed E-state index contributed by atoms with van der Waals surface area (Å²) < 4.78 is 0. The van der Waals surface area contributed by atoms with Crippen LogP contribution >= 0.6 is 12.2 Å². The van der Waals surface area contributed by atoms with Gasteiger partial charge in [0.05, 0.1) is 10.7 Å². The molecular formula is C15H17N3OS. The minimum absolute atomic E-state index is 0.218. The fourth-order valence-corrected chi connectivity index (χ4v) is 2.11. The Morgan fingerprint density at radius 1 is 1.15 bits per heavy atom. The van der Waals surface area contributed by atoms with Crippen molar-refractivity contribution >= 4 is 39.7 Å². The van der Waals surface area contributed by atoms with Crippen LogP contribution in [0, 0.1) is 0 Å². The Labute approximate surface area is 123 Å². The first-order valence-corrected chi connectivity index (χ1v) is 6.88. The molecule has 0 aliphatic heterocycles. The van der Waals surface area contributed by atoms with Gasteiger partial charge in [0.15, 0.2) is 0 Å². The molecule has 5 heteroatoms. The highest BCUT2D eigenvalue weighted by Crippen LogP contribution is 2.22. The van der Waals surface area contributed by atoms with Gasteiger partial charge in [-0.25, -0.2) is 4.79 Å². The van der Waals surface area contributed by atoms with E-state index in [2.05, 4.69) is 10.6 Å². The second-order valence-corrected chi connectivity index (χ2v) is 5.00. The molecule has 0 heterocycles. The number of benzene rings is 2. The lowest BCUT2D eigenvalue weighted by atomic mass is 10.1. The molecule has 0 fully saturated rings. The molecule has 0 aromatic heterocycles. The third kappa shape index (κ3) is 3.93. The molecule has 0 saturated heterocycles.